The van der Waals surface area contributed by atoms with Gasteiger partial charge in [-0.3, -0.25) is 0 Å². The highest BCUT2D eigenvalue weighted by Crippen LogP contribution is 2.35. The Labute approximate surface area is 82.5 Å². The number of aliphatic hydroxyl groups excluding tert-OH is 1. The topological polar surface area (TPSA) is 46.2 Å². The lowest BCUT2D eigenvalue weighted by Crippen LogP contribution is -2.24. The molecule has 2 rings (SSSR count). The second-order valence-electron chi connectivity index (χ2n) is 4.12. The van der Waals surface area contributed by atoms with Crippen LogP contribution in [0.5, 0.6) is 0 Å². The number of benzene rings is 1. The predicted octanol–water partition coefficient (Wildman–Crippen LogP) is 1.35. The molecule has 0 saturated heterocycles. The second-order valence-corrected chi connectivity index (χ2v) is 4.12. The van der Waals surface area contributed by atoms with E-state index in [1.165, 1.54) is 6.07 Å². The Morgan fingerprint density at radius 3 is 2.71 bits per heavy atom. The van der Waals surface area contributed by atoms with Crippen molar-refractivity contribution in [2.24, 2.45) is 5.73 Å². The second kappa shape index (κ2) is 3.33. The number of aliphatic hydroxyl groups is 1. The van der Waals surface area contributed by atoms with Gasteiger partial charge in [-0.15, -0.1) is 0 Å². The Kier molecular flexibility index (Phi) is 2.29. The van der Waals surface area contributed by atoms with E-state index in [-0.39, 0.29) is 18.0 Å². The molecule has 14 heavy (non-hydrogen) atoms. The van der Waals surface area contributed by atoms with Gasteiger partial charge in [0.05, 0.1) is 6.61 Å². The van der Waals surface area contributed by atoms with E-state index < -0.39 is 0 Å². The van der Waals surface area contributed by atoms with Gasteiger partial charge in [0, 0.05) is 11.1 Å². The molecule has 0 bridgehead atoms. The predicted molar refractivity (Wildman–Crippen MR) is 52.2 cm³/mol. The minimum absolute atomic E-state index is 0.0649. The van der Waals surface area contributed by atoms with Crippen molar-refractivity contribution in [2.75, 3.05) is 0 Å². The van der Waals surface area contributed by atoms with Crippen LogP contribution in [0, 0.1) is 5.82 Å². The van der Waals surface area contributed by atoms with Gasteiger partial charge in [0.2, 0.25) is 0 Å². The molecule has 1 saturated carbocycles. The number of hydrogen-bond donors (Lipinski definition) is 2. The fourth-order valence-electron chi connectivity index (χ4n) is 1.60. The molecule has 1 aliphatic carbocycles. The molecule has 2 nitrogen and oxygen atoms in total. The highest BCUT2D eigenvalue weighted by Gasteiger charge is 2.37. The average Bonchev–Trinajstić information content (AvgIpc) is 2.87. The van der Waals surface area contributed by atoms with Crippen molar-refractivity contribution in [3.05, 3.63) is 35.1 Å². The van der Waals surface area contributed by atoms with E-state index in [0.29, 0.717) is 5.56 Å². The lowest BCUT2D eigenvalue weighted by atomic mass is 10.0. The van der Waals surface area contributed by atoms with E-state index in [0.717, 1.165) is 24.8 Å². The fraction of sp³-hybridized carbons (Fsp3) is 0.455. The summed E-state index contributed by atoms with van der Waals surface area (Å²) in [5, 5.41) is 8.89. The standard InChI is InChI=1S/C11H14FNO/c12-10-2-1-8(5-9(10)7-14)6-11(13)3-4-11/h1-2,5,14H,3-4,6-7,13H2. The third-order valence-corrected chi connectivity index (χ3v) is 2.73. The summed E-state index contributed by atoms with van der Waals surface area (Å²) < 4.78 is 13.0. The zero-order valence-electron chi connectivity index (χ0n) is 7.96. The van der Waals surface area contributed by atoms with Crippen LogP contribution >= 0.6 is 0 Å². The first-order chi connectivity index (χ1) is 6.63. The molecule has 1 aromatic carbocycles. The summed E-state index contributed by atoms with van der Waals surface area (Å²) in [6, 6.07) is 4.83. The van der Waals surface area contributed by atoms with E-state index in [1.807, 2.05) is 0 Å². The van der Waals surface area contributed by atoms with E-state index >= 15 is 0 Å². The molecule has 1 aromatic rings. The normalized spacial score (nSPS) is 18.2. The summed E-state index contributed by atoms with van der Waals surface area (Å²) in [6.45, 7) is -0.253. The van der Waals surface area contributed by atoms with Gasteiger partial charge in [-0.2, -0.15) is 0 Å². The Morgan fingerprint density at radius 1 is 1.43 bits per heavy atom. The Hall–Kier alpha value is -0.930. The molecule has 3 heteroatoms. The molecule has 0 aromatic heterocycles. The van der Waals surface area contributed by atoms with Gasteiger partial charge in [0.1, 0.15) is 5.82 Å². The average molecular weight is 195 g/mol. The summed E-state index contributed by atoms with van der Waals surface area (Å²) >= 11 is 0. The molecule has 0 unspecified atom stereocenters. The van der Waals surface area contributed by atoms with Crippen LogP contribution in [0.15, 0.2) is 18.2 Å². The van der Waals surface area contributed by atoms with Crippen molar-refractivity contribution in [3.8, 4) is 0 Å². The molecular weight excluding hydrogens is 181 g/mol. The number of rotatable bonds is 3. The van der Waals surface area contributed by atoms with Crippen molar-refractivity contribution in [1.29, 1.82) is 0 Å². The molecule has 0 radical (unpaired) electrons. The van der Waals surface area contributed by atoms with E-state index in [4.69, 9.17) is 10.8 Å². The van der Waals surface area contributed by atoms with Gasteiger partial charge in [-0.05, 0) is 30.9 Å². The zero-order valence-corrected chi connectivity index (χ0v) is 7.96. The van der Waals surface area contributed by atoms with Gasteiger partial charge < -0.3 is 10.8 Å². The number of nitrogens with two attached hydrogens (primary N) is 1. The summed E-state index contributed by atoms with van der Waals surface area (Å²) in [5.41, 5.74) is 7.25. The van der Waals surface area contributed by atoms with E-state index in [9.17, 15) is 4.39 Å². The van der Waals surface area contributed by atoms with Crippen molar-refractivity contribution in [2.45, 2.75) is 31.4 Å². The molecule has 1 fully saturated rings. The Morgan fingerprint density at radius 2 is 2.14 bits per heavy atom. The van der Waals surface area contributed by atoms with Crippen molar-refractivity contribution >= 4 is 0 Å². The maximum absolute atomic E-state index is 13.0. The first-order valence-corrected chi connectivity index (χ1v) is 4.80. The van der Waals surface area contributed by atoms with Crippen LogP contribution in [-0.2, 0) is 13.0 Å². The van der Waals surface area contributed by atoms with Gasteiger partial charge in [-0.1, -0.05) is 12.1 Å². The highest BCUT2D eigenvalue weighted by atomic mass is 19.1. The largest absolute Gasteiger partial charge is 0.392 e. The maximum atomic E-state index is 13.0. The smallest absolute Gasteiger partial charge is 0.128 e. The van der Waals surface area contributed by atoms with Crippen LogP contribution in [0.3, 0.4) is 0 Å². The monoisotopic (exact) mass is 195 g/mol. The molecule has 1 aliphatic rings. The molecule has 0 aliphatic heterocycles. The number of hydrogen-bond acceptors (Lipinski definition) is 2. The molecule has 0 spiro atoms. The molecule has 76 valence electrons. The zero-order chi connectivity index (χ0) is 10.2. The first kappa shape index (κ1) is 9.62. The number of halogens is 1. The van der Waals surface area contributed by atoms with Crippen LogP contribution in [-0.4, -0.2) is 10.6 Å². The Balaban J connectivity index is 2.18. The van der Waals surface area contributed by atoms with Crippen LogP contribution in [0.2, 0.25) is 0 Å². The van der Waals surface area contributed by atoms with Gasteiger partial charge >= 0.3 is 0 Å². The van der Waals surface area contributed by atoms with Crippen molar-refractivity contribution in [3.63, 3.8) is 0 Å². The van der Waals surface area contributed by atoms with Crippen molar-refractivity contribution < 1.29 is 9.50 Å². The van der Waals surface area contributed by atoms with E-state index in [1.54, 1.807) is 12.1 Å². The van der Waals surface area contributed by atoms with Crippen LogP contribution in [0.4, 0.5) is 4.39 Å². The lowest BCUT2D eigenvalue weighted by molar-refractivity contribution is 0.275. The quantitative estimate of drug-likeness (QED) is 0.764. The summed E-state index contributed by atoms with van der Waals surface area (Å²) in [5.74, 6) is -0.349. The minimum Gasteiger partial charge on any atom is -0.392 e. The third-order valence-electron chi connectivity index (χ3n) is 2.73. The third kappa shape index (κ3) is 1.94. The van der Waals surface area contributed by atoms with Crippen LogP contribution in [0.1, 0.15) is 24.0 Å². The lowest BCUT2D eigenvalue weighted by Gasteiger charge is -2.09. The summed E-state index contributed by atoms with van der Waals surface area (Å²) in [4.78, 5) is 0. The fourth-order valence-corrected chi connectivity index (χ4v) is 1.60. The van der Waals surface area contributed by atoms with Gasteiger partial charge in [0.15, 0.2) is 0 Å². The highest BCUT2D eigenvalue weighted by molar-refractivity contribution is 5.27. The molecular formula is C11H14FNO. The molecule has 3 N–H and O–H groups in total. The van der Waals surface area contributed by atoms with E-state index in [2.05, 4.69) is 0 Å². The molecule has 0 amide bonds. The van der Waals surface area contributed by atoms with Gasteiger partial charge in [0.25, 0.3) is 0 Å². The summed E-state index contributed by atoms with van der Waals surface area (Å²) in [6.07, 6.45) is 2.86. The first-order valence-electron chi connectivity index (χ1n) is 4.80. The molecule has 0 atom stereocenters. The molecule has 0 heterocycles. The maximum Gasteiger partial charge on any atom is 0.128 e. The minimum atomic E-state index is -0.349. The SMILES string of the molecule is NC1(Cc2ccc(F)c(CO)c2)CC1. The van der Waals surface area contributed by atoms with Gasteiger partial charge in [-0.25, -0.2) is 4.39 Å². The summed E-state index contributed by atoms with van der Waals surface area (Å²) in [7, 11) is 0. The van der Waals surface area contributed by atoms with Crippen LogP contribution in [0.25, 0.3) is 0 Å². The Bertz CT molecular complexity index is 347. The van der Waals surface area contributed by atoms with Crippen LogP contribution < -0.4 is 5.73 Å². The van der Waals surface area contributed by atoms with Crippen molar-refractivity contribution in [1.82, 2.24) is 0 Å².